The molecule has 9 heteroatoms. The maximum Gasteiger partial charge on any atom is 0.335 e. The number of aromatic nitrogens is 2. The maximum atomic E-state index is 11.7. The van der Waals surface area contributed by atoms with Crippen LogP contribution in [-0.4, -0.2) is 50.3 Å². The fourth-order valence-corrected chi connectivity index (χ4v) is 5.07. The Balaban J connectivity index is 1.76. The first-order chi connectivity index (χ1) is 16.8. The summed E-state index contributed by atoms with van der Waals surface area (Å²) in [5.74, 6) is -1.22. The Kier molecular flexibility index (Phi) is 7.16. The molecule has 0 amide bonds. The third kappa shape index (κ3) is 4.90. The molecule has 0 radical (unpaired) electrons. The predicted molar refractivity (Wildman–Crippen MR) is 136 cm³/mol. The van der Waals surface area contributed by atoms with Gasteiger partial charge in [0.2, 0.25) is 0 Å². The fraction of sp³-hybridized carbons (Fsp3) is 0.308. The number of carbonyl (C=O) groups is 2. The van der Waals surface area contributed by atoms with Gasteiger partial charge >= 0.3 is 11.9 Å². The molecule has 1 saturated heterocycles. The van der Waals surface area contributed by atoms with E-state index in [1.54, 1.807) is 24.4 Å². The highest BCUT2D eigenvalue weighted by molar-refractivity contribution is 7.80. The minimum atomic E-state index is -0.966. The lowest BCUT2D eigenvalue weighted by molar-refractivity contribution is -0.140. The second-order valence-corrected chi connectivity index (χ2v) is 8.90. The van der Waals surface area contributed by atoms with Crippen molar-refractivity contribution in [3.63, 3.8) is 0 Å². The molecular weight excluding hydrogens is 464 g/mol. The van der Waals surface area contributed by atoms with Gasteiger partial charge in [0, 0.05) is 36.2 Å². The van der Waals surface area contributed by atoms with Crippen LogP contribution in [0.25, 0.3) is 5.69 Å². The lowest BCUT2D eigenvalue weighted by atomic mass is 9.96. The van der Waals surface area contributed by atoms with Crippen LogP contribution in [0.4, 0.5) is 0 Å². The zero-order valence-corrected chi connectivity index (χ0v) is 20.7. The van der Waals surface area contributed by atoms with Gasteiger partial charge in [-0.3, -0.25) is 9.78 Å². The molecule has 3 heterocycles. The number of ether oxygens (including phenoxy) is 1. The van der Waals surface area contributed by atoms with Crippen LogP contribution in [0.1, 0.15) is 57.9 Å². The van der Waals surface area contributed by atoms with Gasteiger partial charge in [-0.15, -0.1) is 0 Å². The Morgan fingerprint density at radius 3 is 2.66 bits per heavy atom. The summed E-state index contributed by atoms with van der Waals surface area (Å²) in [7, 11) is 1.39. The van der Waals surface area contributed by atoms with E-state index in [-0.39, 0.29) is 23.6 Å². The van der Waals surface area contributed by atoms with E-state index in [1.165, 1.54) is 7.11 Å². The Bertz CT molecular complexity index is 1260. The average Bonchev–Trinajstić information content (AvgIpc) is 3.34. The highest BCUT2D eigenvalue weighted by atomic mass is 32.1. The van der Waals surface area contributed by atoms with Crippen LogP contribution in [0, 0.1) is 13.8 Å². The Morgan fingerprint density at radius 2 is 1.97 bits per heavy atom. The highest BCUT2D eigenvalue weighted by Gasteiger charge is 2.41. The number of aromatic carboxylic acids is 1. The van der Waals surface area contributed by atoms with Gasteiger partial charge in [-0.2, -0.15) is 0 Å². The molecule has 35 heavy (non-hydrogen) atoms. The van der Waals surface area contributed by atoms with E-state index in [2.05, 4.69) is 25.8 Å². The molecule has 1 fully saturated rings. The number of hydrogen-bond donors (Lipinski definition) is 2. The van der Waals surface area contributed by atoms with Gasteiger partial charge in [-0.25, -0.2) is 4.79 Å². The molecule has 0 saturated carbocycles. The standard InChI is InChI=1S/C26H28N4O4S/c1-16-14-20(17(2)30(16)19-9-6-8-18(15-19)25(32)33)24-23(21-10-4-5-12-27-21)28-26(35)29(24)13-7-11-22(31)34-3/h4-6,8-10,12,14-15,23-24H,7,11,13H2,1-3H3,(H,28,35)(H,32,33)/t23-,24-/m1/s1. The topological polar surface area (TPSA) is 96.7 Å². The van der Waals surface area contributed by atoms with Crippen molar-refractivity contribution in [3.8, 4) is 5.69 Å². The molecule has 0 bridgehead atoms. The van der Waals surface area contributed by atoms with Crippen LogP contribution in [0.2, 0.25) is 0 Å². The number of pyridine rings is 1. The largest absolute Gasteiger partial charge is 0.478 e. The van der Waals surface area contributed by atoms with Gasteiger partial charge in [0.05, 0.1) is 30.5 Å². The highest BCUT2D eigenvalue weighted by Crippen LogP contribution is 2.41. The van der Waals surface area contributed by atoms with Crippen LogP contribution in [0.15, 0.2) is 54.7 Å². The van der Waals surface area contributed by atoms with E-state index in [4.69, 9.17) is 17.0 Å². The summed E-state index contributed by atoms with van der Waals surface area (Å²) in [4.78, 5) is 29.9. The lowest BCUT2D eigenvalue weighted by Gasteiger charge is -2.28. The second-order valence-electron chi connectivity index (χ2n) is 8.52. The second kappa shape index (κ2) is 10.3. The van der Waals surface area contributed by atoms with Crippen molar-refractivity contribution in [1.82, 2.24) is 19.8 Å². The van der Waals surface area contributed by atoms with Gasteiger partial charge in [0.15, 0.2) is 5.11 Å². The van der Waals surface area contributed by atoms with Crippen molar-refractivity contribution in [3.05, 3.63) is 82.9 Å². The van der Waals surface area contributed by atoms with E-state index >= 15 is 0 Å². The van der Waals surface area contributed by atoms with Gasteiger partial charge in [-0.1, -0.05) is 12.1 Å². The van der Waals surface area contributed by atoms with Crippen molar-refractivity contribution in [2.75, 3.05) is 13.7 Å². The van der Waals surface area contributed by atoms with Gasteiger partial charge in [0.1, 0.15) is 0 Å². The Hall–Kier alpha value is -3.72. The predicted octanol–water partition coefficient (Wildman–Crippen LogP) is 4.11. The quantitative estimate of drug-likeness (QED) is 0.358. The molecule has 2 aromatic heterocycles. The fourth-order valence-electron chi connectivity index (χ4n) is 4.74. The van der Waals surface area contributed by atoms with Gasteiger partial charge in [-0.05, 0) is 74.4 Å². The molecule has 4 rings (SSSR count). The SMILES string of the molecule is COC(=O)CCCN1C(=S)N[C@H](c2ccccn2)[C@H]1c1cc(C)n(-c2cccc(C(=O)O)c2)c1C. The van der Waals surface area contributed by atoms with Crippen LogP contribution in [-0.2, 0) is 9.53 Å². The van der Waals surface area contributed by atoms with Gasteiger partial charge < -0.3 is 24.6 Å². The number of thiocarbonyl (C=S) groups is 1. The van der Waals surface area contributed by atoms with Crippen molar-refractivity contribution in [2.45, 2.75) is 38.8 Å². The van der Waals surface area contributed by atoms with E-state index < -0.39 is 5.97 Å². The number of rotatable bonds is 8. The third-order valence-electron chi connectivity index (χ3n) is 6.35. The molecule has 182 valence electrons. The number of carbonyl (C=O) groups excluding carboxylic acids is 1. The number of carboxylic acids is 1. The summed E-state index contributed by atoms with van der Waals surface area (Å²) >= 11 is 5.72. The molecule has 0 aliphatic carbocycles. The van der Waals surface area contributed by atoms with E-state index in [1.807, 2.05) is 38.1 Å². The summed E-state index contributed by atoms with van der Waals surface area (Å²) in [5, 5.41) is 13.5. The van der Waals surface area contributed by atoms with E-state index in [9.17, 15) is 14.7 Å². The average molecular weight is 493 g/mol. The zero-order valence-electron chi connectivity index (χ0n) is 19.9. The molecule has 8 nitrogen and oxygen atoms in total. The minimum absolute atomic E-state index is 0.155. The Morgan fingerprint density at radius 1 is 1.17 bits per heavy atom. The lowest BCUT2D eigenvalue weighted by Crippen LogP contribution is -2.31. The summed E-state index contributed by atoms with van der Waals surface area (Å²) < 4.78 is 6.86. The summed E-state index contributed by atoms with van der Waals surface area (Å²) in [6.07, 6.45) is 2.66. The molecule has 1 aliphatic rings. The molecule has 1 aromatic carbocycles. The maximum absolute atomic E-state index is 11.7. The first-order valence-electron chi connectivity index (χ1n) is 11.4. The molecule has 3 aromatic rings. The van der Waals surface area contributed by atoms with Crippen molar-refractivity contribution in [2.24, 2.45) is 0 Å². The van der Waals surface area contributed by atoms with Gasteiger partial charge in [0.25, 0.3) is 0 Å². The summed E-state index contributed by atoms with van der Waals surface area (Å²) in [6.45, 7) is 4.61. The zero-order chi connectivity index (χ0) is 25.1. The number of aryl methyl sites for hydroxylation is 1. The number of hydrogen-bond acceptors (Lipinski definition) is 5. The number of benzene rings is 1. The van der Waals surface area contributed by atoms with Crippen molar-refractivity contribution >= 4 is 29.3 Å². The first kappa shape index (κ1) is 24.4. The normalized spacial score (nSPS) is 17.3. The molecule has 2 N–H and O–H groups in total. The monoisotopic (exact) mass is 492 g/mol. The van der Waals surface area contributed by atoms with Crippen molar-refractivity contribution < 1.29 is 19.4 Å². The number of carboxylic acid groups (broad SMARTS) is 1. The van der Waals surface area contributed by atoms with Crippen LogP contribution in [0.3, 0.4) is 0 Å². The Labute approximate surface area is 209 Å². The molecular formula is C26H28N4O4S. The first-order valence-corrected chi connectivity index (χ1v) is 11.8. The number of nitrogens with zero attached hydrogens (tertiary/aromatic N) is 3. The van der Waals surface area contributed by atoms with Crippen molar-refractivity contribution in [1.29, 1.82) is 0 Å². The smallest absolute Gasteiger partial charge is 0.335 e. The number of nitrogens with one attached hydrogen (secondary N) is 1. The molecule has 0 spiro atoms. The molecule has 2 atom stereocenters. The van der Waals surface area contributed by atoms with Crippen LogP contribution < -0.4 is 5.32 Å². The minimum Gasteiger partial charge on any atom is -0.478 e. The van der Waals surface area contributed by atoms with E-state index in [0.29, 0.717) is 24.5 Å². The van der Waals surface area contributed by atoms with Crippen LogP contribution >= 0.6 is 12.2 Å². The molecule has 1 aliphatic heterocycles. The summed E-state index contributed by atoms with van der Waals surface area (Å²) in [6, 6.07) is 14.5. The number of methoxy groups -OCH3 is 1. The molecule has 0 unspecified atom stereocenters. The van der Waals surface area contributed by atoms with Crippen LogP contribution in [0.5, 0.6) is 0 Å². The third-order valence-corrected chi connectivity index (χ3v) is 6.70. The van der Waals surface area contributed by atoms with E-state index in [0.717, 1.165) is 28.3 Å². The number of esters is 1. The summed E-state index contributed by atoms with van der Waals surface area (Å²) in [5.41, 5.74) is 4.91.